The van der Waals surface area contributed by atoms with Crippen molar-refractivity contribution in [3.05, 3.63) is 12.1 Å². The number of fused-ring (bicyclic) bond motifs is 2. The van der Waals surface area contributed by atoms with Gasteiger partial charge in [-0.2, -0.15) is 0 Å². The van der Waals surface area contributed by atoms with Crippen molar-refractivity contribution in [1.82, 2.24) is 9.97 Å². The van der Waals surface area contributed by atoms with Crippen molar-refractivity contribution in [3.8, 4) is 11.5 Å². The number of H-pyrrole nitrogens is 1. The van der Waals surface area contributed by atoms with E-state index in [1.54, 1.807) is 11.8 Å². The number of rotatable bonds is 4. The Hall–Kier alpha value is -1.40. The minimum atomic E-state index is 0.598. The smallest absolute Gasteiger partial charge is 0.166 e. The lowest BCUT2D eigenvalue weighted by Gasteiger charge is -2.17. The van der Waals surface area contributed by atoms with E-state index in [1.807, 2.05) is 12.1 Å². The van der Waals surface area contributed by atoms with Gasteiger partial charge in [-0.1, -0.05) is 11.8 Å². The van der Waals surface area contributed by atoms with Gasteiger partial charge in [-0.25, -0.2) is 4.98 Å². The molecule has 0 radical (unpaired) electrons. The minimum absolute atomic E-state index is 0.598. The zero-order valence-electron chi connectivity index (χ0n) is 9.94. The first-order valence-corrected chi connectivity index (χ1v) is 6.97. The molecule has 1 aliphatic rings. The van der Waals surface area contributed by atoms with Crippen LogP contribution in [0, 0.1) is 0 Å². The highest BCUT2D eigenvalue weighted by atomic mass is 32.2. The standard InChI is InChI=1S/C12H15N3O2S/c13-2-1-5-18-12-14-8-6-10-11(7-9(8)15-12)17-4-3-16-10/h6-7H,1-5,13H2,(H,14,15). The zero-order chi connectivity index (χ0) is 12.4. The second kappa shape index (κ2) is 5.07. The highest BCUT2D eigenvalue weighted by Crippen LogP contribution is 2.34. The van der Waals surface area contributed by atoms with Crippen molar-refractivity contribution in [2.75, 3.05) is 25.5 Å². The molecule has 0 unspecified atom stereocenters. The monoisotopic (exact) mass is 265 g/mol. The van der Waals surface area contributed by atoms with Crippen LogP contribution in [0.5, 0.6) is 11.5 Å². The molecule has 1 aliphatic heterocycles. The quantitative estimate of drug-likeness (QED) is 0.651. The number of nitrogens with one attached hydrogen (secondary N) is 1. The third kappa shape index (κ3) is 2.26. The maximum Gasteiger partial charge on any atom is 0.166 e. The van der Waals surface area contributed by atoms with Gasteiger partial charge in [-0.05, 0) is 13.0 Å². The van der Waals surface area contributed by atoms with Crippen LogP contribution in [-0.4, -0.2) is 35.5 Å². The molecule has 0 fully saturated rings. The molecule has 2 aromatic rings. The number of nitrogens with zero attached hydrogens (tertiary/aromatic N) is 1. The fourth-order valence-corrected chi connectivity index (χ4v) is 2.69. The van der Waals surface area contributed by atoms with E-state index in [9.17, 15) is 0 Å². The largest absolute Gasteiger partial charge is 0.486 e. The molecule has 0 amide bonds. The Morgan fingerprint density at radius 3 is 2.83 bits per heavy atom. The van der Waals surface area contributed by atoms with E-state index < -0.39 is 0 Å². The molecule has 6 heteroatoms. The fraction of sp³-hybridized carbons (Fsp3) is 0.417. The first-order valence-electron chi connectivity index (χ1n) is 5.99. The Balaban J connectivity index is 1.87. The van der Waals surface area contributed by atoms with Gasteiger partial charge >= 0.3 is 0 Å². The summed E-state index contributed by atoms with van der Waals surface area (Å²) in [5.41, 5.74) is 7.37. The molecule has 1 aromatic heterocycles. The number of nitrogens with two attached hydrogens (primary N) is 1. The maximum atomic E-state index is 5.54. The van der Waals surface area contributed by atoms with Crippen molar-refractivity contribution in [1.29, 1.82) is 0 Å². The number of hydrogen-bond acceptors (Lipinski definition) is 5. The maximum absolute atomic E-state index is 5.54. The summed E-state index contributed by atoms with van der Waals surface area (Å²) in [6.45, 7) is 1.91. The van der Waals surface area contributed by atoms with E-state index in [0.29, 0.717) is 19.8 Å². The van der Waals surface area contributed by atoms with Gasteiger partial charge in [0.15, 0.2) is 16.7 Å². The van der Waals surface area contributed by atoms with Crippen LogP contribution in [0.4, 0.5) is 0 Å². The second-order valence-electron chi connectivity index (χ2n) is 4.05. The number of thioether (sulfide) groups is 1. The van der Waals surface area contributed by atoms with Crippen LogP contribution < -0.4 is 15.2 Å². The molecule has 5 nitrogen and oxygen atoms in total. The predicted molar refractivity (Wildman–Crippen MR) is 71.5 cm³/mol. The van der Waals surface area contributed by atoms with E-state index in [4.69, 9.17) is 15.2 Å². The average Bonchev–Trinajstić information content (AvgIpc) is 2.77. The molecule has 0 spiro atoms. The Morgan fingerprint density at radius 1 is 1.28 bits per heavy atom. The molecule has 0 saturated heterocycles. The molecule has 0 atom stereocenters. The SMILES string of the molecule is NCCCSc1nc2cc3c(cc2[nH]1)OCCO3. The van der Waals surface area contributed by atoms with Crippen LogP contribution in [0.15, 0.2) is 17.3 Å². The summed E-state index contributed by atoms with van der Waals surface area (Å²) < 4.78 is 11.1. The topological polar surface area (TPSA) is 73.2 Å². The first kappa shape index (κ1) is 11.7. The van der Waals surface area contributed by atoms with Gasteiger partial charge in [0.05, 0.1) is 11.0 Å². The van der Waals surface area contributed by atoms with Crippen LogP contribution in [0.25, 0.3) is 11.0 Å². The molecule has 96 valence electrons. The van der Waals surface area contributed by atoms with Crippen LogP contribution in [-0.2, 0) is 0 Å². The molecule has 3 rings (SSSR count). The van der Waals surface area contributed by atoms with E-state index >= 15 is 0 Å². The Morgan fingerprint density at radius 2 is 2.06 bits per heavy atom. The zero-order valence-corrected chi connectivity index (χ0v) is 10.8. The lowest BCUT2D eigenvalue weighted by atomic mass is 10.2. The van der Waals surface area contributed by atoms with Crippen molar-refractivity contribution in [2.45, 2.75) is 11.6 Å². The summed E-state index contributed by atoms with van der Waals surface area (Å²) in [4.78, 5) is 7.80. The predicted octanol–water partition coefficient (Wildman–Crippen LogP) is 1.77. The highest BCUT2D eigenvalue weighted by molar-refractivity contribution is 7.99. The summed E-state index contributed by atoms with van der Waals surface area (Å²) in [5, 5.41) is 0.917. The summed E-state index contributed by atoms with van der Waals surface area (Å²) in [6.07, 6.45) is 0.991. The van der Waals surface area contributed by atoms with Crippen LogP contribution in [0.1, 0.15) is 6.42 Å². The molecular formula is C12H15N3O2S. The third-order valence-electron chi connectivity index (χ3n) is 2.71. The highest BCUT2D eigenvalue weighted by Gasteiger charge is 2.14. The number of imidazole rings is 1. The lowest BCUT2D eigenvalue weighted by molar-refractivity contribution is 0.172. The van der Waals surface area contributed by atoms with Gasteiger partial charge in [0, 0.05) is 17.9 Å². The van der Waals surface area contributed by atoms with Crippen LogP contribution >= 0.6 is 11.8 Å². The van der Waals surface area contributed by atoms with Crippen LogP contribution in [0.2, 0.25) is 0 Å². The summed E-state index contributed by atoms with van der Waals surface area (Å²) in [6, 6.07) is 3.87. The van der Waals surface area contributed by atoms with Gasteiger partial charge < -0.3 is 20.2 Å². The number of aromatic amines is 1. The molecule has 0 aliphatic carbocycles. The van der Waals surface area contributed by atoms with E-state index in [1.165, 1.54) is 0 Å². The first-order chi connectivity index (χ1) is 8.86. The molecule has 0 bridgehead atoms. The van der Waals surface area contributed by atoms with Crippen molar-refractivity contribution in [3.63, 3.8) is 0 Å². The van der Waals surface area contributed by atoms with Gasteiger partial charge in [0.2, 0.25) is 0 Å². The van der Waals surface area contributed by atoms with Crippen molar-refractivity contribution >= 4 is 22.8 Å². The Kier molecular flexibility index (Phi) is 3.29. The summed E-state index contributed by atoms with van der Waals surface area (Å²) >= 11 is 1.68. The molecule has 18 heavy (non-hydrogen) atoms. The van der Waals surface area contributed by atoms with E-state index in [0.717, 1.165) is 39.9 Å². The number of aromatic nitrogens is 2. The number of benzene rings is 1. The summed E-state index contributed by atoms with van der Waals surface area (Å²) in [7, 11) is 0. The van der Waals surface area contributed by atoms with Gasteiger partial charge in [-0.3, -0.25) is 0 Å². The average molecular weight is 265 g/mol. The molecule has 3 N–H and O–H groups in total. The number of ether oxygens (including phenoxy) is 2. The van der Waals surface area contributed by atoms with Gasteiger partial charge in [0.1, 0.15) is 13.2 Å². The molecule has 0 saturated carbocycles. The van der Waals surface area contributed by atoms with Crippen molar-refractivity contribution < 1.29 is 9.47 Å². The van der Waals surface area contributed by atoms with E-state index in [2.05, 4.69) is 9.97 Å². The van der Waals surface area contributed by atoms with Gasteiger partial charge in [-0.15, -0.1) is 0 Å². The summed E-state index contributed by atoms with van der Waals surface area (Å²) in [5.74, 6) is 2.54. The molecule has 2 heterocycles. The number of hydrogen-bond donors (Lipinski definition) is 2. The molecular weight excluding hydrogens is 250 g/mol. The minimum Gasteiger partial charge on any atom is -0.486 e. The van der Waals surface area contributed by atoms with E-state index in [-0.39, 0.29) is 0 Å². The Labute approximate surface area is 109 Å². The molecule has 1 aromatic carbocycles. The fourth-order valence-electron chi connectivity index (χ4n) is 1.84. The van der Waals surface area contributed by atoms with Crippen LogP contribution in [0.3, 0.4) is 0 Å². The lowest BCUT2D eigenvalue weighted by Crippen LogP contribution is -2.15. The van der Waals surface area contributed by atoms with Crippen molar-refractivity contribution in [2.24, 2.45) is 5.73 Å². The Bertz CT molecular complexity index is 512. The second-order valence-corrected chi connectivity index (χ2v) is 5.13. The third-order valence-corrected chi connectivity index (χ3v) is 3.67. The normalized spacial score (nSPS) is 14.1. The van der Waals surface area contributed by atoms with Gasteiger partial charge in [0.25, 0.3) is 0 Å².